The summed E-state index contributed by atoms with van der Waals surface area (Å²) in [6.45, 7) is 1.79. The van der Waals surface area contributed by atoms with E-state index in [4.69, 9.17) is 5.73 Å². The fraction of sp³-hybridized carbons (Fsp3) is 0.667. The average molecular weight is 209 g/mol. The fourth-order valence-electron chi connectivity index (χ4n) is 1.64. The van der Waals surface area contributed by atoms with Crippen LogP contribution in [0, 0.1) is 0 Å². The molecule has 6 heteroatoms. The Balaban J connectivity index is 1.86. The number of nitrogens with zero attached hydrogens (tertiary/aromatic N) is 3. The van der Waals surface area contributed by atoms with Gasteiger partial charge in [0, 0.05) is 12.1 Å². The van der Waals surface area contributed by atoms with Gasteiger partial charge >= 0.3 is 0 Å². The minimum atomic E-state index is -0.315. The Morgan fingerprint density at radius 3 is 2.93 bits per heavy atom. The van der Waals surface area contributed by atoms with Crippen molar-refractivity contribution in [1.82, 2.24) is 20.1 Å². The van der Waals surface area contributed by atoms with Gasteiger partial charge in [-0.3, -0.25) is 4.79 Å². The van der Waals surface area contributed by atoms with Crippen LogP contribution in [-0.4, -0.2) is 32.8 Å². The Morgan fingerprint density at radius 1 is 1.67 bits per heavy atom. The van der Waals surface area contributed by atoms with Gasteiger partial charge in [0.1, 0.15) is 18.7 Å². The Morgan fingerprint density at radius 2 is 2.40 bits per heavy atom. The summed E-state index contributed by atoms with van der Waals surface area (Å²) in [6.07, 6.45) is 4.70. The van der Waals surface area contributed by atoms with Crippen molar-refractivity contribution >= 4 is 5.91 Å². The van der Waals surface area contributed by atoms with Crippen LogP contribution in [0.2, 0.25) is 0 Å². The quantitative estimate of drug-likeness (QED) is 0.699. The second-order valence-corrected chi connectivity index (χ2v) is 3.99. The maximum atomic E-state index is 11.7. The molecule has 0 spiro atoms. The van der Waals surface area contributed by atoms with Crippen LogP contribution < -0.4 is 11.1 Å². The fourth-order valence-corrected chi connectivity index (χ4v) is 1.64. The third kappa shape index (κ3) is 2.15. The van der Waals surface area contributed by atoms with E-state index in [-0.39, 0.29) is 24.0 Å². The van der Waals surface area contributed by atoms with Crippen molar-refractivity contribution in [2.45, 2.75) is 37.9 Å². The number of amides is 1. The average Bonchev–Trinajstić information content (AvgIpc) is 2.66. The second kappa shape index (κ2) is 3.98. The molecule has 1 amide bonds. The molecule has 1 aromatic rings. The van der Waals surface area contributed by atoms with E-state index in [9.17, 15) is 4.79 Å². The van der Waals surface area contributed by atoms with Crippen molar-refractivity contribution in [3.63, 3.8) is 0 Å². The number of carbonyl (C=O) groups excluding carboxylic acids is 1. The summed E-state index contributed by atoms with van der Waals surface area (Å²) in [5, 5.41) is 6.85. The minimum Gasteiger partial charge on any atom is -0.351 e. The Labute approximate surface area is 87.9 Å². The summed E-state index contributed by atoms with van der Waals surface area (Å²) in [4.78, 5) is 15.5. The van der Waals surface area contributed by atoms with E-state index in [2.05, 4.69) is 15.4 Å². The highest BCUT2D eigenvalue weighted by atomic mass is 16.2. The lowest BCUT2D eigenvalue weighted by molar-refractivity contribution is -0.125. The SMILES string of the molecule is CC(C(=O)NC1CC(N)C1)n1cncn1. The van der Waals surface area contributed by atoms with E-state index in [0.717, 1.165) is 12.8 Å². The zero-order chi connectivity index (χ0) is 10.8. The van der Waals surface area contributed by atoms with Gasteiger partial charge in [-0.05, 0) is 19.8 Å². The molecule has 1 aliphatic rings. The predicted octanol–water partition coefficient (Wildman–Crippen LogP) is -0.555. The van der Waals surface area contributed by atoms with E-state index in [1.807, 2.05) is 0 Å². The molecule has 82 valence electrons. The monoisotopic (exact) mass is 209 g/mol. The maximum absolute atomic E-state index is 11.7. The molecule has 0 bridgehead atoms. The van der Waals surface area contributed by atoms with Gasteiger partial charge < -0.3 is 11.1 Å². The van der Waals surface area contributed by atoms with Crippen molar-refractivity contribution in [3.8, 4) is 0 Å². The largest absolute Gasteiger partial charge is 0.351 e. The number of nitrogens with one attached hydrogen (secondary N) is 1. The van der Waals surface area contributed by atoms with Crippen LogP contribution in [0.1, 0.15) is 25.8 Å². The van der Waals surface area contributed by atoms with Crippen LogP contribution in [-0.2, 0) is 4.79 Å². The lowest BCUT2D eigenvalue weighted by Gasteiger charge is -2.33. The first-order chi connectivity index (χ1) is 7.16. The Bertz CT molecular complexity index is 330. The molecule has 0 radical (unpaired) electrons. The Kier molecular flexibility index (Phi) is 2.68. The molecule has 1 aliphatic carbocycles. The third-order valence-corrected chi connectivity index (χ3v) is 2.73. The number of nitrogens with two attached hydrogens (primary N) is 1. The molecule has 0 aromatic carbocycles. The van der Waals surface area contributed by atoms with Gasteiger partial charge in [-0.2, -0.15) is 5.10 Å². The first-order valence-corrected chi connectivity index (χ1v) is 5.07. The van der Waals surface area contributed by atoms with Gasteiger partial charge in [-0.1, -0.05) is 0 Å². The van der Waals surface area contributed by atoms with E-state index >= 15 is 0 Å². The molecular formula is C9H15N5O. The molecule has 3 N–H and O–H groups in total. The first-order valence-electron chi connectivity index (χ1n) is 5.07. The molecule has 6 nitrogen and oxygen atoms in total. The number of hydrogen-bond acceptors (Lipinski definition) is 4. The normalized spacial score (nSPS) is 26.8. The van der Waals surface area contributed by atoms with Crippen LogP contribution in [0.25, 0.3) is 0 Å². The maximum Gasteiger partial charge on any atom is 0.244 e. The summed E-state index contributed by atoms with van der Waals surface area (Å²) in [5.41, 5.74) is 5.64. The van der Waals surface area contributed by atoms with Crippen LogP contribution in [0.5, 0.6) is 0 Å². The molecule has 1 unspecified atom stereocenters. The zero-order valence-corrected chi connectivity index (χ0v) is 8.63. The highest BCUT2D eigenvalue weighted by molar-refractivity contribution is 5.80. The summed E-state index contributed by atoms with van der Waals surface area (Å²) in [7, 11) is 0. The topological polar surface area (TPSA) is 85.8 Å². The van der Waals surface area contributed by atoms with Crippen LogP contribution in [0.4, 0.5) is 0 Å². The van der Waals surface area contributed by atoms with Crippen molar-refractivity contribution in [3.05, 3.63) is 12.7 Å². The molecular weight excluding hydrogens is 194 g/mol. The summed E-state index contributed by atoms with van der Waals surface area (Å²) in [5.74, 6) is -0.0302. The van der Waals surface area contributed by atoms with E-state index in [1.165, 1.54) is 17.3 Å². The zero-order valence-electron chi connectivity index (χ0n) is 8.63. The van der Waals surface area contributed by atoms with Gasteiger partial charge in [-0.15, -0.1) is 0 Å². The van der Waals surface area contributed by atoms with Gasteiger partial charge in [0.15, 0.2) is 0 Å². The van der Waals surface area contributed by atoms with Crippen molar-refractivity contribution in [2.24, 2.45) is 5.73 Å². The number of carbonyl (C=O) groups is 1. The van der Waals surface area contributed by atoms with Crippen molar-refractivity contribution in [2.75, 3.05) is 0 Å². The predicted molar refractivity (Wildman–Crippen MR) is 53.9 cm³/mol. The molecule has 0 aliphatic heterocycles. The molecule has 1 atom stereocenters. The van der Waals surface area contributed by atoms with Crippen LogP contribution in [0.15, 0.2) is 12.7 Å². The summed E-state index contributed by atoms with van der Waals surface area (Å²) >= 11 is 0. The molecule has 1 saturated carbocycles. The lowest BCUT2D eigenvalue weighted by atomic mass is 9.87. The first kappa shape index (κ1) is 10.1. The summed E-state index contributed by atoms with van der Waals surface area (Å²) < 4.78 is 1.54. The highest BCUT2D eigenvalue weighted by Crippen LogP contribution is 2.18. The molecule has 1 aromatic heterocycles. The van der Waals surface area contributed by atoms with E-state index in [1.54, 1.807) is 6.92 Å². The van der Waals surface area contributed by atoms with Crippen LogP contribution >= 0.6 is 0 Å². The lowest BCUT2D eigenvalue weighted by Crippen LogP contribution is -2.51. The van der Waals surface area contributed by atoms with Gasteiger partial charge in [0.25, 0.3) is 0 Å². The van der Waals surface area contributed by atoms with E-state index < -0.39 is 0 Å². The summed E-state index contributed by atoms with van der Waals surface area (Å²) in [6, 6.07) is 0.166. The minimum absolute atomic E-state index is 0.0302. The number of hydrogen-bond donors (Lipinski definition) is 2. The van der Waals surface area contributed by atoms with Gasteiger partial charge in [-0.25, -0.2) is 9.67 Å². The molecule has 1 heterocycles. The van der Waals surface area contributed by atoms with Gasteiger partial charge in [0.05, 0.1) is 0 Å². The van der Waals surface area contributed by atoms with Crippen molar-refractivity contribution < 1.29 is 4.79 Å². The molecule has 0 saturated heterocycles. The molecule has 2 rings (SSSR count). The van der Waals surface area contributed by atoms with Crippen LogP contribution in [0.3, 0.4) is 0 Å². The highest BCUT2D eigenvalue weighted by Gasteiger charge is 2.28. The van der Waals surface area contributed by atoms with E-state index in [0.29, 0.717) is 0 Å². The number of aromatic nitrogens is 3. The molecule has 15 heavy (non-hydrogen) atoms. The third-order valence-electron chi connectivity index (χ3n) is 2.73. The Hall–Kier alpha value is -1.43. The standard InChI is InChI=1S/C9H15N5O/c1-6(14-5-11-4-12-14)9(15)13-8-2-7(10)3-8/h4-8H,2-3,10H2,1H3,(H,13,15). The van der Waals surface area contributed by atoms with Crippen molar-refractivity contribution in [1.29, 1.82) is 0 Å². The van der Waals surface area contributed by atoms with Gasteiger partial charge in [0.2, 0.25) is 5.91 Å². The second-order valence-electron chi connectivity index (χ2n) is 3.99. The number of rotatable bonds is 3. The molecule has 1 fully saturated rings. The smallest absolute Gasteiger partial charge is 0.244 e.